The number of hydrogen-bond acceptors (Lipinski definition) is 3. The minimum absolute atomic E-state index is 0.519. The summed E-state index contributed by atoms with van der Waals surface area (Å²) in [6.45, 7) is 1.90. The summed E-state index contributed by atoms with van der Waals surface area (Å²) in [5, 5.41) is 17.9. The minimum Gasteiger partial charge on any atom is -0.496 e. The van der Waals surface area contributed by atoms with Crippen LogP contribution >= 0.6 is 0 Å². The highest BCUT2D eigenvalue weighted by Crippen LogP contribution is 2.25. The SMILES string of the molecule is COc1ccc(C)cc1C(O)C#N. The number of aryl methyl sites for hydroxylation is 1. The standard InChI is InChI=1S/C10H11NO2/c1-7-3-4-10(13-2)8(5-7)9(12)6-11/h3-5,9,12H,1-2H3. The lowest BCUT2D eigenvalue weighted by molar-refractivity contribution is 0.230. The van der Waals surface area contributed by atoms with E-state index in [1.807, 2.05) is 13.0 Å². The van der Waals surface area contributed by atoms with Gasteiger partial charge in [-0.3, -0.25) is 0 Å². The Balaban J connectivity index is 3.17. The highest BCUT2D eigenvalue weighted by atomic mass is 16.5. The van der Waals surface area contributed by atoms with Gasteiger partial charge in [-0.1, -0.05) is 11.6 Å². The molecular weight excluding hydrogens is 166 g/mol. The van der Waals surface area contributed by atoms with Gasteiger partial charge in [-0.05, 0) is 19.1 Å². The highest BCUT2D eigenvalue weighted by molar-refractivity contribution is 5.40. The predicted molar refractivity (Wildman–Crippen MR) is 48.3 cm³/mol. The van der Waals surface area contributed by atoms with Gasteiger partial charge in [0.2, 0.25) is 0 Å². The zero-order valence-electron chi connectivity index (χ0n) is 7.61. The lowest BCUT2D eigenvalue weighted by Crippen LogP contribution is -1.98. The second-order valence-electron chi connectivity index (χ2n) is 2.78. The molecule has 3 heteroatoms. The topological polar surface area (TPSA) is 53.2 Å². The smallest absolute Gasteiger partial charge is 0.169 e. The van der Waals surface area contributed by atoms with Crippen molar-refractivity contribution in [3.63, 3.8) is 0 Å². The van der Waals surface area contributed by atoms with Crippen LogP contribution in [0.2, 0.25) is 0 Å². The summed E-state index contributed by atoms with van der Waals surface area (Å²) in [5.74, 6) is 0.541. The van der Waals surface area contributed by atoms with E-state index in [0.717, 1.165) is 5.56 Å². The van der Waals surface area contributed by atoms with Gasteiger partial charge in [-0.25, -0.2) is 0 Å². The molecule has 1 aromatic rings. The molecule has 0 spiro atoms. The van der Waals surface area contributed by atoms with Crippen molar-refractivity contribution in [3.05, 3.63) is 29.3 Å². The van der Waals surface area contributed by atoms with E-state index in [1.54, 1.807) is 18.2 Å². The van der Waals surface area contributed by atoms with Crippen molar-refractivity contribution in [3.8, 4) is 11.8 Å². The maximum atomic E-state index is 9.32. The molecule has 1 aromatic carbocycles. The summed E-state index contributed by atoms with van der Waals surface area (Å²) in [6.07, 6.45) is -1.12. The average molecular weight is 177 g/mol. The Labute approximate surface area is 77.2 Å². The van der Waals surface area contributed by atoms with E-state index in [9.17, 15) is 5.11 Å². The zero-order chi connectivity index (χ0) is 9.84. The Hall–Kier alpha value is -1.53. The van der Waals surface area contributed by atoms with E-state index >= 15 is 0 Å². The van der Waals surface area contributed by atoms with Crippen molar-refractivity contribution in [1.29, 1.82) is 5.26 Å². The molecule has 0 fully saturated rings. The third kappa shape index (κ3) is 1.98. The molecule has 1 rings (SSSR count). The number of benzene rings is 1. The van der Waals surface area contributed by atoms with Crippen LogP contribution in [0.4, 0.5) is 0 Å². The molecule has 1 atom stereocenters. The highest BCUT2D eigenvalue weighted by Gasteiger charge is 2.11. The van der Waals surface area contributed by atoms with Crippen molar-refractivity contribution in [2.45, 2.75) is 13.0 Å². The van der Waals surface area contributed by atoms with Gasteiger partial charge in [0.15, 0.2) is 6.10 Å². The third-order valence-corrected chi connectivity index (χ3v) is 1.80. The Morgan fingerprint density at radius 3 is 2.77 bits per heavy atom. The van der Waals surface area contributed by atoms with Gasteiger partial charge in [0.05, 0.1) is 13.2 Å². The molecule has 0 aromatic heterocycles. The van der Waals surface area contributed by atoms with Crippen LogP contribution in [0.1, 0.15) is 17.2 Å². The van der Waals surface area contributed by atoms with Gasteiger partial charge in [0.25, 0.3) is 0 Å². The van der Waals surface area contributed by atoms with Gasteiger partial charge < -0.3 is 9.84 Å². The van der Waals surface area contributed by atoms with Crippen LogP contribution in [-0.4, -0.2) is 12.2 Å². The molecule has 0 bridgehead atoms. The Morgan fingerprint density at radius 1 is 1.54 bits per heavy atom. The first-order chi connectivity index (χ1) is 6.19. The Morgan fingerprint density at radius 2 is 2.23 bits per heavy atom. The van der Waals surface area contributed by atoms with Gasteiger partial charge >= 0.3 is 0 Å². The van der Waals surface area contributed by atoms with Crippen LogP contribution in [0.25, 0.3) is 0 Å². The second-order valence-corrected chi connectivity index (χ2v) is 2.78. The maximum Gasteiger partial charge on any atom is 0.169 e. The van der Waals surface area contributed by atoms with E-state index in [-0.39, 0.29) is 0 Å². The predicted octanol–water partition coefficient (Wildman–Crippen LogP) is 1.56. The zero-order valence-corrected chi connectivity index (χ0v) is 7.61. The number of rotatable bonds is 2. The number of nitrogens with zero attached hydrogens (tertiary/aromatic N) is 1. The second kappa shape index (κ2) is 3.92. The Bertz CT molecular complexity index is 341. The van der Waals surface area contributed by atoms with Crippen LogP contribution < -0.4 is 4.74 Å². The fourth-order valence-electron chi connectivity index (χ4n) is 1.14. The maximum absolute atomic E-state index is 9.32. The van der Waals surface area contributed by atoms with E-state index in [4.69, 9.17) is 10.00 Å². The van der Waals surface area contributed by atoms with Crippen molar-refractivity contribution in [2.75, 3.05) is 7.11 Å². The summed E-state index contributed by atoms with van der Waals surface area (Å²) in [7, 11) is 1.51. The van der Waals surface area contributed by atoms with Gasteiger partial charge in [0, 0.05) is 5.56 Å². The molecule has 0 aliphatic carbocycles. The average Bonchev–Trinajstić information content (AvgIpc) is 2.16. The van der Waals surface area contributed by atoms with Crippen LogP contribution in [0.15, 0.2) is 18.2 Å². The third-order valence-electron chi connectivity index (χ3n) is 1.80. The molecule has 68 valence electrons. The number of aliphatic hydroxyl groups excluding tert-OH is 1. The van der Waals surface area contributed by atoms with Gasteiger partial charge in [0.1, 0.15) is 5.75 Å². The van der Waals surface area contributed by atoms with E-state index < -0.39 is 6.10 Å². The molecular formula is C10H11NO2. The monoisotopic (exact) mass is 177 g/mol. The van der Waals surface area contributed by atoms with Crippen molar-refractivity contribution < 1.29 is 9.84 Å². The molecule has 3 nitrogen and oxygen atoms in total. The summed E-state index contributed by atoms with van der Waals surface area (Å²) in [4.78, 5) is 0. The Kier molecular flexibility index (Phi) is 2.88. The van der Waals surface area contributed by atoms with E-state index in [1.165, 1.54) is 7.11 Å². The van der Waals surface area contributed by atoms with Crippen molar-refractivity contribution in [2.24, 2.45) is 0 Å². The minimum atomic E-state index is -1.12. The van der Waals surface area contributed by atoms with Crippen molar-refractivity contribution >= 4 is 0 Å². The van der Waals surface area contributed by atoms with Gasteiger partial charge in [-0.15, -0.1) is 0 Å². The summed E-state index contributed by atoms with van der Waals surface area (Å²) >= 11 is 0. The van der Waals surface area contributed by atoms with Crippen LogP contribution in [0.5, 0.6) is 5.75 Å². The molecule has 0 aliphatic heterocycles. The molecule has 0 amide bonds. The lowest BCUT2D eigenvalue weighted by Gasteiger charge is -2.09. The molecule has 0 saturated heterocycles. The number of methoxy groups -OCH3 is 1. The molecule has 1 N–H and O–H groups in total. The fraction of sp³-hybridized carbons (Fsp3) is 0.300. The van der Waals surface area contributed by atoms with Gasteiger partial charge in [-0.2, -0.15) is 5.26 Å². The van der Waals surface area contributed by atoms with E-state index in [2.05, 4.69) is 0 Å². The van der Waals surface area contributed by atoms with Crippen LogP contribution in [0, 0.1) is 18.3 Å². The first-order valence-electron chi connectivity index (χ1n) is 3.91. The number of nitriles is 1. The largest absolute Gasteiger partial charge is 0.496 e. The molecule has 13 heavy (non-hydrogen) atoms. The molecule has 0 saturated carbocycles. The summed E-state index contributed by atoms with van der Waals surface area (Å²) in [5.41, 5.74) is 1.51. The quantitative estimate of drug-likeness (QED) is 0.697. The summed E-state index contributed by atoms with van der Waals surface area (Å²) < 4.78 is 5.01. The van der Waals surface area contributed by atoms with Crippen LogP contribution in [0.3, 0.4) is 0 Å². The molecule has 1 unspecified atom stereocenters. The summed E-state index contributed by atoms with van der Waals surface area (Å²) in [6, 6.07) is 7.11. The number of hydrogen-bond donors (Lipinski definition) is 1. The first-order valence-corrected chi connectivity index (χ1v) is 3.91. The molecule has 0 aliphatic rings. The molecule has 0 radical (unpaired) electrons. The number of ether oxygens (including phenoxy) is 1. The van der Waals surface area contributed by atoms with Crippen LogP contribution in [-0.2, 0) is 0 Å². The van der Waals surface area contributed by atoms with E-state index in [0.29, 0.717) is 11.3 Å². The molecule has 0 heterocycles. The lowest BCUT2D eigenvalue weighted by atomic mass is 10.1. The number of aliphatic hydroxyl groups is 1. The fourth-order valence-corrected chi connectivity index (χ4v) is 1.14. The first kappa shape index (κ1) is 9.56. The normalized spacial score (nSPS) is 11.8. The van der Waals surface area contributed by atoms with Crippen molar-refractivity contribution in [1.82, 2.24) is 0 Å².